The summed E-state index contributed by atoms with van der Waals surface area (Å²) in [7, 11) is 0. The quantitative estimate of drug-likeness (QED) is 0.693. The largest absolute Gasteiger partial charge is 0.417 e. The van der Waals surface area contributed by atoms with E-state index in [1.165, 1.54) is 11.0 Å². The maximum atomic E-state index is 12.7. The molecule has 156 valence electrons. The molecule has 1 atom stereocenters. The molecule has 0 spiro atoms. The van der Waals surface area contributed by atoms with Crippen molar-refractivity contribution in [3.8, 4) is 0 Å². The number of hydrogen-bond acceptors (Lipinski definition) is 4. The molecule has 1 unspecified atom stereocenters. The van der Waals surface area contributed by atoms with Crippen molar-refractivity contribution in [2.45, 2.75) is 49.1 Å². The highest BCUT2D eigenvalue weighted by Crippen LogP contribution is 2.30. The highest BCUT2D eigenvalue weighted by Gasteiger charge is 2.31. The Hall–Kier alpha value is -2.22. The first-order valence-corrected chi connectivity index (χ1v) is 10.4. The number of nitrogens with zero attached hydrogens (tertiary/aromatic N) is 2. The third kappa shape index (κ3) is 6.13. The molecule has 0 aliphatic carbocycles. The van der Waals surface area contributed by atoms with Gasteiger partial charge in [0.05, 0.1) is 12.0 Å². The molecule has 1 aromatic heterocycles. The summed E-state index contributed by atoms with van der Waals surface area (Å²) in [6.45, 7) is 5.45. The van der Waals surface area contributed by atoms with E-state index in [1.807, 2.05) is 29.2 Å². The Morgan fingerprint density at radius 1 is 1.24 bits per heavy atom. The fourth-order valence-electron chi connectivity index (χ4n) is 3.25. The van der Waals surface area contributed by atoms with E-state index in [2.05, 4.69) is 24.1 Å². The zero-order valence-corrected chi connectivity index (χ0v) is 17.2. The van der Waals surface area contributed by atoms with Crippen molar-refractivity contribution in [2.75, 3.05) is 18.0 Å². The molecule has 1 aromatic carbocycles. The summed E-state index contributed by atoms with van der Waals surface area (Å²) < 4.78 is 38.0. The van der Waals surface area contributed by atoms with Crippen LogP contribution >= 0.6 is 11.8 Å². The topological polar surface area (TPSA) is 45.2 Å². The lowest BCUT2D eigenvalue weighted by Gasteiger charge is -2.18. The molecule has 3 rings (SSSR count). The molecule has 1 amide bonds. The normalized spacial score (nSPS) is 17.0. The summed E-state index contributed by atoms with van der Waals surface area (Å²) in [5, 5.41) is 3.52. The number of amides is 1. The summed E-state index contributed by atoms with van der Waals surface area (Å²) in [6, 6.07) is 10.4. The van der Waals surface area contributed by atoms with E-state index < -0.39 is 11.7 Å². The molecule has 1 aliphatic heterocycles. The van der Waals surface area contributed by atoms with Gasteiger partial charge in [-0.3, -0.25) is 4.79 Å². The standard InChI is InChI=1S/C21H24F3N3OS/c1-14(2)29-18-6-3-15(4-7-18)11-20(28)26-17-9-10-27(13-17)19-8-5-16(12-25-19)21(22,23)24/h3-8,12,14,17H,9-11,13H2,1-2H3,(H,26,28). The van der Waals surface area contributed by atoms with Crippen molar-refractivity contribution < 1.29 is 18.0 Å². The molecular weight excluding hydrogens is 399 g/mol. The number of benzene rings is 1. The van der Waals surface area contributed by atoms with Crippen LogP contribution < -0.4 is 10.2 Å². The molecule has 0 bridgehead atoms. The molecule has 4 nitrogen and oxygen atoms in total. The number of carbonyl (C=O) groups excluding carboxylic acids is 1. The molecule has 0 saturated carbocycles. The predicted octanol–water partition coefficient (Wildman–Crippen LogP) is 4.54. The molecule has 1 aliphatic rings. The van der Waals surface area contributed by atoms with Gasteiger partial charge in [-0.25, -0.2) is 4.98 Å². The van der Waals surface area contributed by atoms with Crippen LogP contribution in [0, 0.1) is 0 Å². The van der Waals surface area contributed by atoms with E-state index >= 15 is 0 Å². The molecule has 29 heavy (non-hydrogen) atoms. The summed E-state index contributed by atoms with van der Waals surface area (Å²) in [5.41, 5.74) is 0.193. The van der Waals surface area contributed by atoms with Crippen LogP contribution in [0.2, 0.25) is 0 Å². The van der Waals surface area contributed by atoms with E-state index in [-0.39, 0.29) is 11.9 Å². The van der Waals surface area contributed by atoms with Crippen LogP contribution in [0.3, 0.4) is 0 Å². The van der Waals surface area contributed by atoms with Gasteiger partial charge in [0.25, 0.3) is 0 Å². The second-order valence-electron chi connectivity index (χ2n) is 7.39. The number of alkyl halides is 3. The van der Waals surface area contributed by atoms with E-state index in [1.54, 1.807) is 11.8 Å². The predicted molar refractivity (Wildman–Crippen MR) is 109 cm³/mol. The average Bonchev–Trinajstić information content (AvgIpc) is 3.10. The van der Waals surface area contributed by atoms with Crippen LogP contribution in [0.1, 0.15) is 31.4 Å². The highest BCUT2D eigenvalue weighted by molar-refractivity contribution is 7.99. The van der Waals surface area contributed by atoms with Crippen molar-refractivity contribution in [1.29, 1.82) is 0 Å². The number of aromatic nitrogens is 1. The number of anilines is 1. The van der Waals surface area contributed by atoms with Crippen molar-refractivity contribution in [3.63, 3.8) is 0 Å². The fourth-order valence-corrected chi connectivity index (χ4v) is 4.09. The average molecular weight is 424 g/mol. The Labute approximate surface area is 172 Å². The molecule has 1 N–H and O–H groups in total. The number of hydrogen-bond donors (Lipinski definition) is 1. The SMILES string of the molecule is CC(C)Sc1ccc(CC(=O)NC2CCN(c3ccc(C(F)(F)F)cn3)C2)cc1. The fraction of sp³-hybridized carbons (Fsp3) is 0.429. The second-order valence-corrected chi connectivity index (χ2v) is 9.04. The number of rotatable bonds is 6. The van der Waals surface area contributed by atoms with Crippen LogP contribution in [0.25, 0.3) is 0 Å². The van der Waals surface area contributed by atoms with Gasteiger partial charge in [0.15, 0.2) is 0 Å². The van der Waals surface area contributed by atoms with Gasteiger partial charge in [-0.05, 0) is 36.2 Å². The number of nitrogens with one attached hydrogen (secondary N) is 1. The minimum Gasteiger partial charge on any atom is -0.354 e. The Morgan fingerprint density at radius 3 is 2.55 bits per heavy atom. The van der Waals surface area contributed by atoms with Gasteiger partial charge in [-0.15, -0.1) is 11.8 Å². The molecule has 2 heterocycles. The van der Waals surface area contributed by atoms with E-state index in [9.17, 15) is 18.0 Å². The first-order chi connectivity index (χ1) is 13.7. The minimum atomic E-state index is -4.39. The lowest BCUT2D eigenvalue weighted by atomic mass is 10.1. The van der Waals surface area contributed by atoms with Gasteiger partial charge in [-0.1, -0.05) is 26.0 Å². The lowest BCUT2D eigenvalue weighted by Crippen LogP contribution is -2.38. The van der Waals surface area contributed by atoms with Crippen LogP contribution in [0.4, 0.5) is 19.0 Å². The molecule has 8 heteroatoms. The van der Waals surface area contributed by atoms with Crippen LogP contribution in [0.15, 0.2) is 47.5 Å². The van der Waals surface area contributed by atoms with Crippen molar-refractivity contribution >= 4 is 23.5 Å². The number of pyridine rings is 1. The summed E-state index contributed by atoms with van der Waals surface area (Å²) in [6.07, 6.45) is -2.50. The molecule has 2 aromatic rings. The van der Waals surface area contributed by atoms with Gasteiger partial charge in [0, 0.05) is 35.5 Å². The van der Waals surface area contributed by atoms with Gasteiger partial charge in [0.2, 0.25) is 5.91 Å². The lowest BCUT2D eigenvalue weighted by molar-refractivity contribution is -0.137. The van der Waals surface area contributed by atoms with Gasteiger partial charge in [-0.2, -0.15) is 13.2 Å². The third-order valence-electron chi connectivity index (χ3n) is 4.61. The van der Waals surface area contributed by atoms with Crippen molar-refractivity contribution in [2.24, 2.45) is 0 Å². The Balaban J connectivity index is 1.50. The van der Waals surface area contributed by atoms with Crippen LogP contribution in [-0.2, 0) is 17.4 Å². The molecule has 1 fully saturated rings. The van der Waals surface area contributed by atoms with Gasteiger partial charge >= 0.3 is 6.18 Å². The summed E-state index contributed by atoms with van der Waals surface area (Å²) in [4.78, 5) is 19.4. The Bertz CT molecular complexity index is 823. The second kappa shape index (κ2) is 9.07. The first kappa shape index (κ1) is 21.5. The number of carbonyl (C=O) groups is 1. The third-order valence-corrected chi connectivity index (χ3v) is 5.63. The smallest absolute Gasteiger partial charge is 0.354 e. The zero-order chi connectivity index (χ0) is 21.0. The molecule has 1 saturated heterocycles. The maximum Gasteiger partial charge on any atom is 0.417 e. The molecular formula is C21H24F3N3OS. The van der Waals surface area contributed by atoms with Crippen LogP contribution in [-0.4, -0.2) is 35.3 Å². The first-order valence-electron chi connectivity index (χ1n) is 9.54. The van der Waals surface area contributed by atoms with Crippen molar-refractivity contribution in [1.82, 2.24) is 10.3 Å². The Kier molecular flexibility index (Phi) is 6.72. The number of halogens is 3. The highest BCUT2D eigenvalue weighted by atomic mass is 32.2. The minimum absolute atomic E-state index is 0.0395. The maximum absolute atomic E-state index is 12.7. The zero-order valence-electron chi connectivity index (χ0n) is 16.4. The van der Waals surface area contributed by atoms with E-state index in [0.717, 1.165) is 24.2 Å². The van der Waals surface area contributed by atoms with Crippen LogP contribution in [0.5, 0.6) is 0 Å². The van der Waals surface area contributed by atoms with Gasteiger partial charge in [0.1, 0.15) is 5.82 Å². The molecule has 0 radical (unpaired) electrons. The van der Waals surface area contributed by atoms with Gasteiger partial charge < -0.3 is 10.2 Å². The van der Waals surface area contributed by atoms with E-state index in [4.69, 9.17) is 0 Å². The van der Waals surface area contributed by atoms with E-state index in [0.29, 0.717) is 30.6 Å². The monoisotopic (exact) mass is 423 g/mol. The Morgan fingerprint density at radius 2 is 1.97 bits per heavy atom. The van der Waals surface area contributed by atoms with Crippen molar-refractivity contribution in [3.05, 3.63) is 53.7 Å². The summed E-state index contributed by atoms with van der Waals surface area (Å²) in [5.74, 6) is 0.439. The number of thioether (sulfide) groups is 1. The summed E-state index contributed by atoms with van der Waals surface area (Å²) >= 11 is 1.78.